The highest BCUT2D eigenvalue weighted by Crippen LogP contribution is 2.03. The monoisotopic (exact) mass is 162 g/mol. The predicted octanol–water partition coefficient (Wildman–Crippen LogP) is 1.29. The highest BCUT2D eigenvalue weighted by Gasteiger charge is 1.95. The second-order valence-corrected chi connectivity index (χ2v) is 2.73. The van der Waals surface area contributed by atoms with Gasteiger partial charge in [-0.2, -0.15) is 0 Å². The summed E-state index contributed by atoms with van der Waals surface area (Å²) in [5.41, 5.74) is 6.24. The van der Waals surface area contributed by atoms with Gasteiger partial charge in [-0.25, -0.2) is 0 Å². The van der Waals surface area contributed by atoms with Crippen molar-refractivity contribution in [3.05, 3.63) is 35.9 Å². The maximum atomic E-state index is 10.4. The maximum absolute atomic E-state index is 10.4. The van der Waals surface area contributed by atoms with E-state index in [-0.39, 0.29) is 5.91 Å². The minimum Gasteiger partial charge on any atom is -0.370 e. The Morgan fingerprint density at radius 2 is 2.08 bits per heavy atom. The van der Waals surface area contributed by atoms with Crippen molar-refractivity contribution in [1.29, 1.82) is 0 Å². The number of primary amides is 1. The van der Waals surface area contributed by atoms with Crippen LogP contribution in [0.3, 0.4) is 0 Å². The Bertz CT molecular complexity index is 243. The fraction of sp³-hybridized carbons (Fsp3) is 0.300. The molecular formula is C10H12NO. The first-order chi connectivity index (χ1) is 5.79. The molecule has 0 aromatic heterocycles. The van der Waals surface area contributed by atoms with Crippen LogP contribution in [0.2, 0.25) is 0 Å². The molecule has 2 heteroatoms. The third kappa shape index (κ3) is 3.19. The Morgan fingerprint density at radius 3 is 2.67 bits per heavy atom. The van der Waals surface area contributed by atoms with E-state index in [1.807, 2.05) is 24.3 Å². The minimum atomic E-state index is -0.225. The van der Waals surface area contributed by atoms with Gasteiger partial charge in [-0.05, 0) is 24.5 Å². The fourth-order valence-electron chi connectivity index (χ4n) is 1.05. The van der Waals surface area contributed by atoms with Gasteiger partial charge in [0.15, 0.2) is 0 Å². The van der Waals surface area contributed by atoms with Crippen LogP contribution < -0.4 is 5.73 Å². The number of aryl methyl sites for hydroxylation is 1. The largest absolute Gasteiger partial charge is 0.370 e. The molecule has 0 atom stereocenters. The van der Waals surface area contributed by atoms with Crippen LogP contribution in [0.5, 0.6) is 0 Å². The average molecular weight is 162 g/mol. The lowest BCUT2D eigenvalue weighted by molar-refractivity contribution is -0.118. The number of carbonyl (C=O) groups is 1. The molecule has 12 heavy (non-hydrogen) atoms. The SMILES string of the molecule is NC(=O)CCCc1cc[c]cc1. The van der Waals surface area contributed by atoms with Crippen molar-refractivity contribution in [1.82, 2.24) is 0 Å². The zero-order valence-electron chi connectivity index (χ0n) is 6.92. The number of benzene rings is 1. The number of amides is 1. The zero-order valence-corrected chi connectivity index (χ0v) is 6.92. The highest BCUT2D eigenvalue weighted by molar-refractivity contribution is 5.73. The molecule has 0 heterocycles. The number of nitrogens with two attached hydrogens (primary N) is 1. The van der Waals surface area contributed by atoms with E-state index in [0.29, 0.717) is 6.42 Å². The van der Waals surface area contributed by atoms with Gasteiger partial charge in [0.2, 0.25) is 5.91 Å². The quantitative estimate of drug-likeness (QED) is 0.712. The first kappa shape index (κ1) is 8.78. The molecule has 2 nitrogen and oxygen atoms in total. The third-order valence-electron chi connectivity index (χ3n) is 1.68. The van der Waals surface area contributed by atoms with Gasteiger partial charge in [0, 0.05) is 6.42 Å². The van der Waals surface area contributed by atoms with Crippen molar-refractivity contribution < 1.29 is 4.79 Å². The van der Waals surface area contributed by atoms with Gasteiger partial charge in [0.1, 0.15) is 0 Å². The Kier molecular flexibility index (Phi) is 3.33. The molecule has 63 valence electrons. The Balaban J connectivity index is 2.29. The van der Waals surface area contributed by atoms with E-state index in [9.17, 15) is 4.79 Å². The number of carbonyl (C=O) groups excluding carboxylic acids is 1. The van der Waals surface area contributed by atoms with Crippen molar-refractivity contribution in [2.24, 2.45) is 5.73 Å². The summed E-state index contributed by atoms with van der Waals surface area (Å²) in [5.74, 6) is -0.225. The van der Waals surface area contributed by atoms with Gasteiger partial charge in [-0.1, -0.05) is 24.3 Å². The van der Waals surface area contributed by atoms with E-state index < -0.39 is 0 Å². The molecule has 1 aromatic carbocycles. The first-order valence-corrected chi connectivity index (χ1v) is 4.02. The second kappa shape index (κ2) is 4.54. The zero-order chi connectivity index (χ0) is 8.81. The molecule has 0 saturated carbocycles. The van der Waals surface area contributed by atoms with Crippen LogP contribution in [0.25, 0.3) is 0 Å². The van der Waals surface area contributed by atoms with Crippen LogP contribution in [-0.4, -0.2) is 5.91 Å². The van der Waals surface area contributed by atoms with Crippen LogP contribution in [0, 0.1) is 6.07 Å². The summed E-state index contributed by atoms with van der Waals surface area (Å²) in [4.78, 5) is 10.4. The maximum Gasteiger partial charge on any atom is 0.217 e. The van der Waals surface area contributed by atoms with Crippen molar-refractivity contribution in [3.63, 3.8) is 0 Å². The molecular weight excluding hydrogens is 150 g/mol. The number of rotatable bonds is 4. The lowest BCUT2D eigenvalue weighted by Crippen LogP contribution is -2.10. The molecule has 1 rings (SSSR count). The molecule has 0 fully saturated rings. The highest BCUT2D eigenvalue weighted by atomic mass is 16.1. The fourth-order valence-corrected chi connectivity index (χ4v) is 1.05. The molecule has 1 aromatic rings. The Hall–Kier alpha value is -1.31. The molecule has 0 bridgehead atoms. The van der Waals surface area contributed by atoms with Crippen LogP contribution in [0.15, 0.2) is 24.3 Å². The van der Waals surface area contributed by atoms with Gasteiger partial charge < -0.3 is 5.73 Å². The first-order valence-electron chi connectivity index (χ1n) is 4.02. The second-order valence-electron chi connectivity index (χ2n) is 2.73. The molecule has 0 saturated heterocycles. The van der Waals surface area contributed by atoms with Crippen LogP contribution in [0.1, 0.15) is 18.4 Å². The molecule has 0 aliphatic carbocycles. The van der Waals surface area contributed by atoms with Gasteiger partial charge in [-0.3, -0.25) is 4.79 Å². The van der Waals surface area contributed by atoms with Gasteiger partial charge in [-0.15, -0.1) is 0 Å². The molecule has 0 aliphatic heterocycles. The average Bonchev–Trinajstić information content (AvgIpc) is 2.05. The molecule has 0 unspecified atom stereocenters. The number of hydrogen-bond donors (Lipinski definition) is 1. The summed E-state index contributed by atoms with van der Waals surface area (Å²) < 4.78 is 0. The van der Waals surface area contributed by atoms with E-state index in [2.05, 4.69) is 6.07 Å². The van der Waals surface area contributed by atoms with E-state index in [4.69, 9.17) is 5.73 Å². The normalized spacial score (nSPS) is 9.67. The van der Waals surface area contributed by atoms with E-state index >= 15 is 0 Å². The van der Waals surface area contributed by atoms with Crippen molar-refractivity contribution in [2.45, 2.75) is 19.3 Å². The molecule has 1 amide bonds. The summed E-state index contributed by atoms with van der Waals surface area (Å²) in [6.07, 6.45) is 2.22. The van der Waals surface area contributed by atoms with Crippen LogP contribution in [-0.2, 0) is 11.2 Å². The van der Waals surface area contributed by atoms with Gasteiger partial charge in [0.25, 0.3) is 0 Å². The molecule has 0 aliphatic rings. The summed E-state index contributed by atoms with van der Waals surface area (Å²) in [6, 6.07) is 10.7. The van der Waals surface area contributed by atoms with E-state index in [1.54, 1.807) is 0 Å². The lowest BCUT2D eigenvalue weighted by atomic mass is 10.1. The summed E-state index contributed by atoms with van der Waals surface area (Å²) in [6.45, 7) is 0. The molecule has 1 radical (unpaired) electrons. The van der Waals surface area contributed by atoms with Gasteiger partial charge >= 0.3 is 0 Å². The van der Waals surface area contributed by atoms with Crippen molar-refractivity contribution in [2.75, 3.05) is 0 Å². The third-order valence-corrected chi connectivity index (χ3v) is 1.68. The summed E-state index contributed by atoms with van der Waals surface area (Å²) >= 11 is 0. The van der Waals surface area contributed by atoms with Crippen molar-refractivity contribution in [3.8, 4) is 0 Å². The van der Waals surface area contributed by atoms with Crippen LogP contribution in [0.4, 0.5) is 0 Å². The van der Waals surface area contributed by atoms with Gasteiger partial charge in [0.05, 0.1) is 0 Å². The number of hydrogen-bond acceptors (Lipinski definition) is 1. The lowest BCUT2D eigenvalue weighted by Gasteiger charge is -1.97. The summed E-state index contributed by atoms with van der Waals surface area (Å²) in [5, 5.41) is 0. The standard InChI is InChI=1S/C10H12NO/c11-10(12)8-4-7-9-5-2-1-3-6-9/h2-3,5-6H,4,7-8H2,(H2,11,12). The van der Waals surface area contributed by atoms with E-state index in [0.717, 1.165) is 12.8 Å². The van der Waals surface area contributed by atoms with E-state index in [1.165, 1.54) is 5.56 Å². The van der Waals surface area contributed by atoms with Crippen LogP contribution >= 0.6 is 0 Å². The molecule has 2 N–H and O–H groups in total. The minimum absolute atomic E-state index is 0.225. The Labute approximate surface area is 72.4 Å². The molecule has 0 spiro atoms. The Morgan fingerprint density at radius 1 is 1.42 bits per heavy atom. The summed E-state index contributed by atoms with van der Waals surface area (Å²) in [7, 11) is 0. The van der Waals surface area contributed by atoms with Crippen molar-refractivity contribution >= 4 is 5.91 Å². The topological polar surface area (TPSA) is 43.1 Å². The smallest absolute Gasteiger partial charge is 0.217 e. The predicted molar refractivity (Wildman–Crippen MR) is 47.4 cm³/mol.